The predicted molar refractivity (Wildman–Crippen MR) is 493 cm³/mol. The highest BCUT2D eigenvalue weighted by molar-refractivity contribution is 7.97. The zero-order chi connectivity index (χ0) is 101. The zero-order valence-electron chi connectivity index (χ0n) is 78.8. The number of alkyl halides is 8. The molecule has 12 rings (SSSR count). The van der Waals surface area contributed by atoms with Crippen LogP contribution < -0.4 is 0 Å². The lowest BCUT2D eigenvalue weighted by Gasteiger charge is -2.49. The maximum absolute atomic E-state index is 13.9. The SMILES string of the molecule is CC(C)C1OC(C)(c2ccc([S+](c3ccc(C(=O)OC(C)C(F)(F)S(=O)(=O)[O-])cc3)c3ccc(C(C)(C)C)cc3)cc2)OCC1(C)C.CC(OC(=O)c1ccc([S+](c2ccc(C(C)(C)C)cc2)c2ccc(C3(C)OCC(C)(C)CO3)cc2)cc1)C(F)(F)S(=O)(=O)[O-].CC(OC(=O)c1ccc([S+](c2ccc(C(C)(C)C)cc2)c2ccc(C3(C)OCC(F)(F)CO3)cc2)cc1)C(F)(F)S(=O)(=O)[O-]. The molecule has 0 bridgehead atoms. The third-order valence-electron chi connectivity index (χ3n) is 23.0. The van der Waals surface area contributed by atoms with Crippen molar-refractivity contribution in [3.8, 4) is 0 Å². The maximum Gasteiger partial charge on any atom is 0.370 e. The van der Waals surface area contributed by atoms with Gasteiger partial charge in [0.05, 0.1) is 75.3 Å². The summed E-state index contributed by atoms with van der Waals surface area (Å²) in [4.78, 5) is 45.9. The van der Waals surface area contributed by atoms with Crippen molar-refractivity contribution in [2.45, 2.75) is 269 Å². The number of hydrogen-bond acceptors (Lipinski definition) is 21. The molecule has 3 saturated heterocycles. The Labute approximate surface area is 794 Å². The Morgan fingerprint density at radius 3 is 0.748 bits per heavy atom. The fourth-order valence-electron chi connectivity index (χ4n) is 14.5. The average molecular weight is 2000 g/mol. The Balaban J connectivity index is 0.000000210. The minimum Gasteiger partial charge on any atom is -0.743 e. The van der Waals surface area contributed by atoms with Gasteiger partial charge in [-0.1, -0.05) is 140 Å². The van der Waals surface area contributed by atoms with E-state index in [0.717, 1.165) is 60.7 Å². The first kappa shape index (κ1) is 108. The summed E-state index contributed by atoms with van der Waals surface area (Å²) in [5.74, 6) is -9.48. The van der Waals surface area contributed by atoms with Crippen molar-refractivity contribution in [3.05, 3.63) is 268 Å². The minimum absolute atomic E-state index is 0.000934. The third-order valence-corrected chi connectivity index (χ3v) is 32.7. The highest BCUT2D eigenvalue weighted by Gasteiger charge is 2.52. The molecule has 3 fully saturated rings. The van der Waals surface area contributed by atoms with Crippen LogP contribution in [0, 0.1) is 16.7 Å². The molecule has 3 heterocycles. The zero-order valence-corrected chi connectivity index (χ0v) is 83.7. The van der Waals surface area contributed by atoms with E-state index >= 15 is 0 Å². The molecule has 0 aliphatic carbocycles. The van der Waals surface area contributed by atoms with Crippen LogP contribution in [0.1, 0.15) is 210 Å². The van der Waals surface area contributed by atoms with Gasteiger partial charge >= 0.3 is 33.7 Å². The van der Waals surface area contributed by atoms with Crippen LogP contribution in [0.15, 0.2) is 262 Å². The summed E-state index contributed by atoms with van der Waals surface area (Å²) in [5, 5.41) is -14.3. The largest absolute Gasteiger partial charge is 0.743 e. The molecule has 0 aromatic heterocycles. The molecule has 0 saturated carbocycles. The lowest BCUT2D eigenvalue weighted by molar-refractivity contribution is -0.337. The molecule has 9 aromatic carbocycles. The number of halogens is 8. The molecule has 732 valence electrons. The summed E-state index contributed by atoms with van der Waals surface area (Å²) in [7, 11) is -20.1. The number of benzene rings is 9. The number of ether oxygens (including phenoxy) is 9. The molecule has 3 aliphatic heterocycles. The Morgan fingerprint density at radius 1 is 0.333 bits per heavy atom. The fraction of sp³-hybridized carbons (Fsp3) is 0.430. The number of carbonyl (C=O) groups excluding carboxylic acids is 3. The van der Waals surface area contributed by atoms with E-state index in [-0.39, 0.29) is 49.9 Å². The molecule has 8 atom stereocenters. The second-order valence-electron chi connectivity index (χ2n) is 38.7. The van der Waals surface area contributed by atoms with E-state index < -0.39 is 152 Å². The van der Waals surface area contributed by atoms with Gasteiger partial charge < -0.3 is 56.3 Å². The molecule has 35 heteroatoms. The molecule has 0 radical (unpaired) electrons. The average Bonchev–Trinajstić information content (AvgIpc) is 0.767. The van der Waals surface area contributed by atoms with E-state index in [0.29, 0.717) is 52.1 Å². The van der Waals surface area contributed by atoms with Crippen LogP contribution in [-0.4, -0.2) is 136 Å². The minimum atomic E-state index is -6.05. The highest BCUT2D eigenvalue weighted by Crippen LogP contribution is 2.47. The van der Waals surface area contributed by atoms with Crippen LogP contribution >= 0.6 is 0 Å². The molecular formula is C100H114F8O21S6. The van der Waals surface area contributed by atoms with Crippen LogP contribution in [0.3, 0.4) is 0 Å². The Morgan fingerprint density at radius 2 is 0.533 bits per heavy atom. The van der Waals surface area contributed by atoms with Crippen molar-refractivity contribution < 1.29 is 131 Å². The van der Waals surface area contributed by atoms with E-state index in [9.17, 15) is 88.4 Å². The maximum atomic E-state index is 13.9. The summed E-state index contributed by atoms with van der Waals surface area (Å²) in [6.45, 7) is 39.4. The Kier molecular flexibility index (Phi) is 32.7. The molecule has 0 N–H and O–H groups in total. The standard InChI is InChI=1S/C36H44F2O7S2.C33H38F2O7S2.C31H32F4O7S2/c1-23(2)31-34(7,8)22-43-35(9,45-31)27-14-20-30(21-15-27)46(29-18-12-26(13-19-29)33(4,5)6)28-16-10-25(11-17-28)32(39)44-24(3)36(37,38)47(40,41)42;1-22(33(34,35)44(37,38)39)42-29(36)23-8-14-26(15-9-23)43(27-16-10-24(11-17-27)30(2,3)4)28-18-12-25(13-19-28)32(7)40-20-31(5,6)21-41-32;1-20(31(34,35)44(37,38)39)42-27(36)21-6-12-24(13-7-21)43(25-14-8-22(9-15-25)28(2,3)4)26-16-10-23(11-17-26)29(5)40-18-30(32,33)19-41-29/h10-21,23-24,31H,22H2,1-9H3;8-19,22H,20-21H2,1-7H3;6-17,20H,18-19H2,1-5H3. The summed E-state index contributed by atoms with van der Waals surface area (Å²) < 4.78 is 259. The molecule has 9 aromatic rings. The number of esters is 3. The number of hydrogen-bond donors (Lipinski definition) is 0. The molecule has 3 aliphatic rings. The lowest BCUT2D eigenvalue weighted by atomic mass is 9.80. The van der Waals surface area contributed by atoms with E-state index in [2.05, 4.69) is 167 Å². The Hall–Kier alpha value is -8.63. The van der Waals surface area contributed by atoms with Gasteiger partial charge in [-0.15, -0.1) is 0 Å². The first-order chi connectivity index (χ1) is 62.0. The smallest absolute Gasteiger partial charge is 0.370 e. The van der Waals surface area contributed by atoms with Crippen LogP contribution in [0.4, 0.5) is 35.1 Å². The molecule has 21 nitrogen and oxygen atoms in total. The Bertz CT molecular complexity index is 5740. The van der Waals surface area contributed by atoms with Crippen LogP contribution in [-0.2, 0) is 139 Å². The molecule has 0 amide bonds. The molecular weight excluding hydrogens is 1880 g/mol. The van der Waals surface area contributed by atoms with Gasteiger partial charge in [-0.25, -0.2) is 48.4 Å². The summed E-state index contributed by atoms with van der Waals surface area (Å²) in [6, 6.07) is 66.4. The second-order valence-corrected chi connectivity index (χ2v) is 49.1. The molecule has 0 spiro atoms. The lowest BCUT2D eigenvalue weighted by Crippen LogP contribution is -2.52. The normalized spacial score (nSPS) is 19.5. The van der Waals surface area contributed by atoms with Crippen LogP contribution in [0.2, 0.25) is 0 Å². The van der Waals surface area contributed by atoms with Crippen molar-refractivity contribution in [3.63, 3.8) is 0 Å². The summed E-state index contributed by atoms with van der Waals surface area (Å²) in [6.07, 6.45) is -7.43. The fourth-order valence-corrected chi connectivity index (χ4v) is 22.0. The van der Waals surface area contributed by atoms with Crippen molar-refractivity contribution in [2.24, 2.45) is 16.7 Å². The van der Waals surface area contributed by atoms with Gasteiger partial charge in [0.25, 0.3) is 5.92 Å². The quantitative estimate of drug-likeness (QED) is 0.0169. The summed E-state index contributed by atoms with van der Waals surface area (Å²) >= 11 is 0. The van der Waals surface area contributed by atoms with E-state index in [1.165, 1.54) is 47.5 Å². The summed E-state index contributed by atoms with van der Waals surface area (Å²) in [5.41, 5.74) is 5.14. The molecule has 135 heavy (non-hydrogen) atoms. The number of rotatable bonds is 25. The van der Waals surface area contributed by atoms with Crippen molar-refractivity contribution in [2.75, 3.05) is 33.0 Å². The van der Waals surface area contributed by atoms with Crippen LogP contribution in [0.25, 0.3) is 0 Å². The topological polar surface area (TPSA) is 306 Å². The van der Waals surface area contributed by atoms with E-state index in [4.69, 9.17) is 28.4 Å². The highest BCUT2D eigenvalue weighted by atomic mass is 32.2. The van der Waals surface area contributed by atoms with Crippen molar-refractivity contribution in [1.29, 1.82) is 0 Å². The van der Waals surface area contributed by atoms with Crippen molar-refractivity contribution in [1.82, 2.24) is 0 Å². The second kappa shape index (κ2) is 40.7. The predicted octanol–water partition coefficient (Wildman–Crippen LogP) is 21.7. The van der Waals surface area contributed by atoms with Crippen molar-refractivity contribution >= 4 is 80.9 Å². The van der Waals surface area contributed by atoms with Gasteiger partial charge in [0.1, 0.15) is 13.2 Å². The van der Waals surface area contributed by atoms with Crippen LogP contribution in [0.5, 0.6) is 0 Å². The van der Waals surface area contributed by atoms with Gasteiger partial charge in [0.2, 0.25) is 0 Å². The van der Waals surface area contributed by atoms with E-state index in [1.807, 2.05) is 98.8 Å². The monoisotopic (exact) mass is 1990 g/mol. The van der Waals surface area contributed by atoms with Gasteiger partial charge in [0.15, 0.2) is 110 Å². The number of carbonyl (C=O) groups is 3. The van der Waals surface area contributed by atoms with Gasteiger partial charge in [-0.05, 0) is 262 Å². The first-order valence-electron chi connectivity index (χ1n) is 43.1. The van der Waals surface area contributed by atoms with E-state index in [1.54, 1.807) is 55.5 Å². The first-order valence-corrected chi connectivity index (χ1v) is 51.0. The molecule has 8 unspecified atom stereocenters. The third kappa shape index (κ3) is 25.7. The van der Waals surface area contributed by atoms with Gasteiger partial charge in [-0.3, -0.25) is 0 Å². The van der Waals surface area contributed by atoms with Gasteiger partial charge in [-0.2, -0.15) is 26.3 Å². The van der Waals surface area contributed by atoms with Gasteiger partial charge in [0, 0.05) is 27.5 Å².